The Labute approximate surface area is 80.9 Å². The molecule has 0 rings (SSSR count). The van der Waals surface area contributed by atoms with Crippen molar-refractivity contribution < 1.29 is 54.8 Å². The van der Waals surface area contributed by atoms with E-state index in [-0.39, 0.29) is 81.8 Å². The molecule has 0 aliphatic heterocycles. The molecule has 0 aliphatic rings. The number of hydrogen-bond donors (Lipinski definition) is 0. The molecule has 0 bridgehead atoms. The summed E-state index contributed by atoms with van der Waals surface area (Å²) < 4.78 is 0. The van der Waals surface area contributed by atoms with Crippen LogP contribution in [-0.2, 0) is 44.1 Å². The van der Waals surface area contributed by atoms with Gasteiger partial charge in [0.2, 0.25) is 0 Å². The third kappa shape index (κ3) is 21.4. The summed E-state index contributed by atoms with van der Waals surface area (Å²) in [6.07, 6.45) is 0. The first-order valence-corrected chi connectivity index (χ1v) is 0. The largest absolute Gasteiger partial charge is 2.00 e. The molecule has 0 saturated heterocycles. The van der Waals surface area contributed by atoms with Crippen LogP contribution in [0.3, 0.4) is 0 Å². The second-order valence-corrected chi connectivity index (χ2v) is 0. The van der Waals surface area contributed by atoms with E-state index in [1.807, 2.05) is 0 Å². The molecule has 0 amide bonds. The van der Waals surface area contributed by atoms with E-state index in [9.17, 15) is 0 Å². The predicted octanol–water partition coefficient (Wildman–Crippen LogP) is -6.00. The zero-order chi connectivity index (χ0) is 0. The monoisotopic (exact) mass is 141 g/mol. The third-order valence-electron chi connectivity index (χ3n) is 0. The van der Waals surface area contributed by atoms with E-state index in [4.69, 9.17) is 0 Å². The molecule has 0 fully saturated rings. The summed E-state index contributed by atoms with van der Waals surface area (Å²) in [6.45, 7) is 0. The Morgan fingerprint density at radius 2 is 0.600 bits per heavy atom. The summed E-state index contributed by atoms with van der Waals surface area (Å²) in [6, 6.07) is 0. The van der Waals surface area contributed by atoms with E-state index in [0.717, 1.165) is 0 Å². The maximum atomic E-state index is 0. The molecule has 1 radical (unpaired) electrons. The van der Waals surface area contributed by atoms with Crippen LogP contribution in [0.4, 0.5) is 0 Å². The van der Waals surface area contributed by atoms with Gasteiger partial charge < -0.3 is 27.0 Å². The molecule has 0 N–H and O–H groups in total. The number of hydrogen-bond acceptors (Lipinski definition) is 0. The van der Waals surface area contributed by atoms with Gasteiger partial charge in [-0.25, -0.2) is 0 Å². The second-order valence-electron chi connectivity index (χ2n) is 0. The van der Waals surface area contributed by atoms with Crippen LogP contribution >= 0.6 is 0 Å². The summed E-state index contributed by atoms with van der Waals surface area (Å²) in [7, 11) is 0. The minimum Gasteiger partial charge on any atom is -2.00 e. The molecule has 0 aromatic carbocycles. The van der Waals surface area contributed by atoms with Gasteiger partial charge in [0, 0.05) is 0 Å². The fourth-order valence-electron chi connectivity index (χ4n) is 0. The second kappa shape index (κ2) is 32.3. The summed E-state index contributed by atoms with van der Waals surface area (Å²) in [5.41, 5.74) is 0. The standard InChI is InChI=1S/Cu.2Li.2S/q+2;2*+1;2*-2. The molecule has 0 heterocycles. The molecule has 5 heteroatoms. The van der Waals surface area contributed by atoms with Gasteiger partial charge in [-0.3, -0.25) is 0 Å². The van der Waals surface area contributed by atoms with Crippen molar-refractivity contribution in [1.29, 1.82) is 0 Å². The van der Waals surface area contributed by atoms with E-state index in [0.29, 0.717) is 0 Å². The first kappa shape index (κ1) is 52.3. The van der Waals surface area contributed by atoms with E-state index in [1.54, 1.807) is 0 Å². The normalized spacial score (nSPS) is 0. The average molecular weight is 142 g/mol. The van der Waals surface area contributed by atoms with Gasteiger partial charge in [0.25, 0.3) is 0 Å². The smallest absolute Gasteiger partial charge is 2.00 e. The van der Waals surface area contributed by atoms with Crippen molar-refractivity contribution in [3.05, 3.63) is 0 Å². The van der Waals surface area contributed by atoms with Gasteiger partial charge >= 0.3 is 54.8 Å². The van der Waals surface area contributed by atoms with Gasteiger partial charge in [0.15, 0.2) is 0 Å². The molecule has 0 nitrogen and oxygen atoms in total. The number of rotatable bonds is 0. The first-order chi connectivity index (χ1) is 0. The molecule has 0 aliphatic carbocycles. The van der Waals surface area contributed by atoms with Gasteiger partial charge in [0.1, 0.15) is 0 Å². The molecule has 0 atom stereocenters. The zero-order valence-corrected chi connectivity index (χ0v) is 5.69. The molecule has 25 valence electrons. The van der Waals surface area contributed by atoms with Gasteiger partial charge in [-0.2, -0.15) is 0 Å². The predicted molar refractivity (Wildman–Crippen MR) is 14.7 cm³/mol. The van der Waals surface area contributed by atoms with Crippen LogP contribution in [0.15, 0.2) is 0 Å². The molecule has 5 heavy (non-hydrogen) atoms. The average Bonchev–Trinajstić information content (AvgIpc) is 0. The van der Waals surface area contributed by atoms with Gasteiger partial charge in [-0.1, -0.05) is 0 Å². The van der Waals surface area contributed by atoms with Crippen LogP contribution in [0, 0.1) is 0 Å². The summed E-state index contributed by atoms with van der Waals surface area (Å²) in [4.78, 5) is 0. The minimum atomic E-state index is 0. The van der Waals surface area contributed by atoms with Crippen molar-refractivity contribution in [3.63, 3.8) is 0 Å². The van der Waals surface area contributed by atoms with Crippen molar-refractivity contribution >= 4 is 27.0 Å². The Kier molecular flexibility index (Phi) is 338. The zero-order valence-electron chi connectivity index (χ0n) is 3.12. The van der Waals surface area contributed by atoms with E-state index >= 15 is 0 Å². The molecule has 0 spiro atoms. The minimum absolute atomic E-state index is 0. The van der Waals surface area contributed by atoms with E-state index < -0.39 is 0 Å². The molecular weight excluding hydrogens is 142 g/mol. The summed E-state index contributed by atoms with van der Waals surface area (Å²) >= 11 is 0. The van der Waals surface area contributed by atoms with Crippen molar-refractivity contribution in [2.75, 3.05) is 0 Å². The molecule has 0 aromatic rings. The Bertz CT molecular complexity index is 7.61. The Morgan fingerprint density at radius 1 is 0.600 bits per heavy atom. The molecule has 0 saturated carbocycles. The Balaban J connectivity index is 0. The van der Waals surface area contributed by atoms with Crippen LogP contribution in [0.5, 0.6) is 0 Å². The SMILES string of the molecule is [Cu+2].[Li+].[Li+].[S-2].[S-2]. The van der Waals surface area contributed by atoms with Crippen molar-refractivity contribution in [2.45, 2.75) is 0 Å². The van der Waals surface area contributed by atoms with E-state index in [1.165, 1.54) is 0 Å². The van der Waals surface area contributed by atoms with E-state index in [2.05, 4.69) is 0 Å². The fourth-order valence-corrected chi connectivity index (χ4v) is 0. The Morgan fingerprint density at radius 3 is 0.600 bits per heavy atom. The van der Waals surface area contributed by atoms with Gasteiger partial charge in [-0.15, -0.1) is 0 Å². The summed E-state index contributed by atoms with van der Waals surface area (Å²) in [5.74, 6) is 0. The van der Waals surface area contributed by atoms with Crippen molar-refractivity contribution in [2.24, 2.45) is 0 Å². The van der Waals surface area contributed by atoms with Crippen LogP contribution < -0.4 is 37.7 Å². The van der Waals surface area contributed by atoms with Crippen LogP contribution in [-0.4, -0.2) is 0 Å². The van der Waals surface area contributed by atoms with Crippen molar-refractivity contribution in [3.8, 4) is 0 Å². The third-order valence-corrected chi connectivity index (χ3v) is 0. The van der Waals surface area contributed by atoms with Crippen LogP contribution in [0.25, 0.3) is 0 Å². The van der Waals surface area contributed by atoms with Gasteiger partial charge in [-0.05, 0) is 0 Å². The molecular formula is CuLi2S2. The quantitative estimate of drug-likeness (QED) is 0.295. The maximum absolute atomic E-state index is 0. The van der Waals surface area contributed by atoms with Gasteiger partial charge in [0.05, 0.1) is 0 Å². The first-order valence-electron chi connectivity index (χ1n) is 0. The fraction of sp³-hybridized carbons (Fsp3) is 0. The molecule has 0 unspecified atom stereocenters. The van der Waals surface area contributed by atoms with Crippen LogP contribution in [0.1, 0.15) is 0 Å². The van der Waals surface area contributed by atoms with Crippen molar-refractivity contribution in [1.82, 2.24) is 0 Å². The topological polar surface area (TPSA) is 0 Å². The summed E-state index contributed by atoms with van der Waals surface area (Å²) in [5, 5.41) is 0. The molecule has 0 aromatic heterocycles. The van der Waals surface area contributed by atoms with Crippen LogP contribution in [0.2, 0.25) is 0 Å². The Hall–Kier alpha value is 2.41. The maximum Gasteiger partial charge on any atom is 2.00 e.